The number of hydrogen-bond donors (Lipinski definition) is 0. The Hall–Kier alpha value is -2.05. The molecule has 0 bridgehead atoms. The van der Waals surface area contributed by atoms with Gasteiger partial charge in [0.2, 0.25) is 11.7 Å². The number of rotatable bonds is 5. The fourth-order valence-corrected chi connectivity index (χ4v) is 2.67. The second-order valence-electron chi connectivity index (χ2n) is 4.91. The van der Waals surface area contributed by atoms with Crippen molar-refractivity contribution in [2.45, 2.75) is 20.0 Å². The van der Waals surface area contributed by atoms with Crippen molar-refractivity contribution in [2.24, 2.45) is 0 Å². The first-order valence-corrected chi connectivity index (χ1v) is 7.56. The molecule has 0 saturated heterocycles. The highest BCUT2D eigenvalue weighted by atomic mass is 32.1. The molecule has 2 aromatic heterocycles. The van der Waals surface area contributed by atoms with E-state index in [-0.39, 0.29) is 0 Å². The molecule has 0 saturated carbocycles. The van der Waals surface area contributed by atoms with Crippen LogP contribution in [0.5, 0.6) is 0 Å². The van der Waals surface area contributed by atoms with Gasteiger partial charge >= 0.3 is 0 Å². The summed E-state index contributed by atoms with van der Waals surface area (Å²) in [4.78, 5) is 11.0. The van der Waals surface area contributed by atoms with E-state index in [2.05, 4.69) is 25.4 Å². The zero-order valence-corrected chi connectivity index (χ0v) is 12.8. The standard InChI is InChI=1S/C15H16N4OS/c1-11-16-13(10-21-11)8-19(2)9-14-17-15(18-20-14)12-6-4-3-5-7-12/h3-7,10H,8-9H2,1-2H3. The SMILES string of the molecule is Cc1nc(CN(C)Cc2nc(-c3ccccc3)no2)cs1. The van der Waals surface area contributed by atoms with Crippen molar-refractivity contribution in [2.75, 3.05) is 7.05 Å². The van der Waals surface area contributed by atoms with Gasteiger partial charge in [0.25, 0.3) is 0 Å². The monoisotopic (exact) mass is 300 g/mol. The normalized spacial score (nSPS) is 11.2. The molecule has 108 valence electrons. The molecular formula is C15H16N4OS. The minimum Gasteiger partial charge on any atom is -0.338 e. The van der Waals surface area contributed by atoms with Crippen molar-refractivity contribution in [1.82, 2.24) is 20.0 Å². The third-order valence-electron chi connectivity index (χ3n) is 3.00. The topological polar surface area (TPSA) is 55.1 Å². The number of benzene rings is 1. The van der Waals surface area contributed by atoms with Crippen LogP contribution in [0.25, 0.3) is 11.4 Å². The fourth-order valence-electron chi connectivity index (χ4n) is 2.07. The molecule has 0 unspecified atom stereocenters. The summed E-state index contributed by atoms with van der Waals surface area (Å²) in [6, 6.07) is 9.82. The average Bonchev–Trinajstić information content (AvgIpc) is 3.09. The minimum absolute atomic E-state index is 0.608. The summed E-state index contributed by atoms with van der Waals surface area (Å²) in [5, 5.41) is 7.19. The Balaban J connectivity index is 1.64. The number of aryl methyl sites for hydroxylation is 1. The van der Waals surface area contributed by atoms with Gasteiger partial charge in [-0.3, -0.25) is 4.90 Å². The summed E-state index contributed by atoms with van der Waals surface area (Å²) in [6.45, 7) is 3.39. The Kier molecular flexibility index (Phi) is 4.08. The lowest BCUT2D eigenvalue weighted by Crippen LogP contribution is -2.17. The lowest BCUT2D eigenvalue weighted by Gasteiger charge is -2.11. The molecule has 0 aliphatic heterocycles. The third-order valence-corrected chi connectivity index (χ3v) is 3.83. The maximum absolute atomic E-state index is 5.31. The number of hydrogen-bond acceptors (Lipinski definition) is 6. The highest BCUT2D eigenvalue weighted by Crippen LogP contribution is 2.16. The smallest absolute Gasteiger partial charge is 0.241 e. The van der Waals surface area contributed by atoms with E-state index >= 15 is 0 Å². The molecule has 21 heavy (non-hydrogen) atoms. The van der Waals surface area contributed by atoms with Crippen LogP contribution in [0.15, 0.2) is 40.2 Å². The minimum atomic E-state index is 0.608. The van der Waals surface area contributed by atoms with Crippen LogP contribution >= 0.6 is 11.3 Å². The van der Waals surface area contributed by atoms with Crippen molar-refractivity contribution in [3.05, 3.63) is 52.3 Å². The fraction of sp³-hybridized carbons (Fsp3) is 0.267. The molecule has 0 N–H and O–H groups in total. The van der Waals surface area contributed by atoms with Crippen LogP contribution in [-0.2, 0) is 13.1 Å². The number of nitrogens with zero attached hydrogens (tertiary/aromatic N) is 4. The van der Waals surface area contributed by atoms with Gasteiger partial charge in [0.1, 0.15) is 0 Å². The van der Waals surface area contributed by atoms with E-state index in [1.807, 2.05) is 44.3 Å². The molecule has 0 spiro atoms. The summed E-state index contributed by atoms with van der Waals surface area (Å²) in [6.07, 6.45) is 0. The first-order valence-electron chi connectivity index (χ1n) is 6.68. The van der Waals surface area contributed by atoms with Gasteiger partial charge in [-0.15, -0.1) is 11.3 Å². The molecule has 2 heterocycles. The van der Waals surface area contributed by atoms with Crippen molar-refractivity contribution < 1.29 is 4.52 Å². The second kappa shape index (κ2) is 6.15. The molecule has 6 heteroatoms. The highest BCUT2D eigenvalue weighted by molar-refractivity contribution is 7.09. The van der Waals surface area contributed by atoms with Gasteiger partial charge in [0, 0.05) is 17.5 Å². The molecule has 3 rings (SSSR count). The Bertz CT molecular complexity index is 707. The molecule has 0 aliphatic carbocycles. The number of thiazole rings is 1. The van der Waals surface area contributed by atoms with Gasteiger partial charge in [0.05, 0.1) is 17.2 Å². The van der Waals surface area contributed by atoms with Gasteiger partial charge in [-0.2, -0.15) is 4.98 Å². The molecule has 0 amide bonds. The molecule has 5 nitrogen and oxygen atoms in total. The number of aromatic nitrogens is 3. The quantitative estimate of drug-likeness (QED) is 0.724. The van der Waals surface area contributed by atoms with Crippen LogP contribution in [0.1, 0.15) is 16.6 Å². The van der Waals surface area contributed by atoms with Crippen LogP contribution < -0.4 is 0 Å². The maximum atomic E-state index is 5.31. The van der Waals surface area contributed by atoms with E-state index < -0.39 is 0 Å². The second-order valence-corrected chi connectivity index (χ2v) is 5.97. The summed E-state index contributed by atoms with van der Waals surface area (Å²) in [5.41, 5.74) is 2.04. The highest BCUT2D eigenvalue weighted by Gasteiger charge is 2.11. The lowest BCUT2D eigenvalue weighted by molar-refractivity contribution is 0.259. The summed E-state index contributed by atoms with van der Waals surface area (Å²) in [7, 11) is 2.01. The largest absolute Gasteiger partial charge is 0.338 e. The molecule has 0 radical (unpaired) electrons. The van der Waals surface area contributed by atoms with E-state index in [1.54, 1.807) is 11.3 Å². The van der Waals surface area contributed by atoms with E-state index in [4.69, 9.17) is 4.52 Å². The molecule has 0 aliphatic rings. The Morgan fingerprint density at radius 1 is 1.14 bits per heavy atom. The van der Waals surface area contributed by atoms with Crippen molar-refractivity contribution in [1.29, 1.82) is 0 Å². The third kappa shape index (κ3) is 3.53. The van der Waals surface area contributed by atoms with Crippen molar-refractivity contribution in [3.8, 4) is 11.4 Å². The van der Waals surface area contributed by atoms with Gasteiger partial charge in [0.15, 0.2) is 0 Å². The van der Waals surface area contributed by atoms with Crippen LogP contribution in [0, 0.1) is 6.92 Å². The van der Waals surface area contributed by atoms with Crippen LogP contribution in [0.2, 0.25) is 0 Å². The van der Waals surface area contributed by atoms with Gasteiger partial charge in [-0.1, -0.05) is 35.5 Å². The summed E-state index contributed by atoms with van der Waals surface area (Å²) < 4.78 is 5.31. The molecule has 1 aromatic carbocycles. The Morgan fingerprint density at radius 2 is 1.95 bits per heavy atom. The van der Waals surface area contributed by atoms with E-state index in [1.165, 1.54) is 0 Å². The van der Waals surface area contributed by atoms with Gasteiger partial charge in [-0.25, -0.2) is 4.98 Å². The van der Waals surface area contributed by atoms with Crippen LogP contribution in [0.4, 0.5) is 0 Å². The predicted molar refractivity (Wildman–Crippen MR) is 81.8 cm³/mol. The van der Waals surface area contributed by atoms with Gasteiger partial charge < -0.3 is 4.52 Å². The first kappa shape index (κ1) is 13.9. The van der Waals surface area contributed by atoms with E-state index in [0.29, 0.717) is 18.3 Å². The van der Waals surface area contributed by atoms with Crippen LogP contribution in [0.3, 0.4) is 0 Å². The first-order chi connectivity index (χ1) is 10.2. The van der Waals surface area contributed by atoms with E-state index in [0.717, 1.165) is 22.8 Å². The predicted octanol–water partition coefficient (Wildman–Crippen LogP) is 3.13. The summed E-state index contributed by atoms with van der Waals surface area (Å²) >= 11 is 1.66. The molecular weight excluding hydrogens is 284 g/mol. The van der Waals surface area contributed by atoms with Gasteiger partial charge in [-0.05, 0) is 14.0 Å². The molecule has 0 fully saturated rings. The van der Waals surface area contributed by atoms with Crippen molar-refractivity contribution >= 4 is 11.3 Å². The zero-order valence-electron chi connectivity index (χ0n) is 12.0. The molecule has 0 atom stereocenters. The van der Waals surface area contributed by atoms with Crippen LogP contribution in [-0.4, -0.2) is 27.1 Å². The van der Waals surface area contributed by atoms with Crippen molar-refractivity contribution in [3.63, 3.8) is 0 Å². The Labute approximate surface area is 127 Å². The van der Waals surface area contributed by atoms with E-state index in [9.17, 15) is 0 Å². The Morgan fingerprint density at radius 3 is 2.67 bits per heavy atom. The summed E-state index contributed by atoms with van der Waals surface area (Å²) in [5.74, 6) is 1.24. The average molecular weight is 300 g/mol. The lowest BCUT2D eigenvalue weighted by atomic mass is 10.2. The maximum Gasteiger partial charge on any atom is 0.241 e. The zero-order chi connectivity index (χ0) is 14.7. The molecule has 3 aromatic rings.